The summed E-state index contributed by atoms with van der Waals surface area (Å²) in [6.45, 7) is 6.15. The summed E-state index contributed by atoms with van der Waals surface area (Å²) in [4.78, 5) is 0. The van der Waals surface area contributed by atoms with Gasteiger partial charge < -0.3 is 14.6 Å². The molecule has 17 heavy (non-hydrogen) atoms. The Morgan fingerprint density at radius 3 is 2.35 bits per heavy atom. The topological polar surface area (TPSA) is 38.7 Å². The lowest BCUT2D eigenvalue weighted by molar-refractivity contribution is 0.0445. The third kappa shape index (κ3) is 2.91. The van der Waals surface area contributed by atoms with Crippen LogP contribution >= 0.6 is 0 Å². The standard InChI is InChI=1S/C14H22O3/c1-6-14(2,3)13(15)11-8-7-10(16-4)9-12(11)17-5/h7-9,13,15H,6H2,1-5H3. The molecule has 96 valence electrons. The normalized spacial score (nSPS) is 13.3. The number of benzene rings is 1. The first kappa shape index (κ1) is 13.8. The van der Waals surface area contributed by atoms with E-state index >= 15 is 0 Å². The van der Waals surface area contributed by atoms with Gasteiger partial charge in [-0.25, -0.2) is 0 Å². The minimum absolute atomic E-state index is 0.179. The van der Waals surface area contributed by atoms with E-state index in [4.69, 9.17) is 9.47 Å². The number of ether oxygens (including phenoxy) is 2. The van der Waals surface area contributed by atoms with Crippen molar-refractivity contribution in [2.45, 2.75) is 33.3 Å². The van der Waals surface area contributed by atoms with Gasteiger partial charge in [-0.3, -0.25) is 0 Å². The van der Waals surface area contributed by atoms with Gasteiger partial charge in [-0.1, -0.05) is 20.8 Å². The average molecular weight is 238 g/mol. The molecule has 0 heterocycles. The van der Waals surface area contributed by atoms with Crippen molar-refractivity contribution >= 4 is 0 Å². The molecule has 0 aromatic heterocycles. The van der Waals surface area contributed by atoms with Gasteiger partial charge in [0, 0.05) is 11.6 Å². The Morgan fingerprint density at radius 1 is 1.24 bits per heavy atom. The Kier molecular flexibility index (Phi) is 4.40. The third-order valence-corrected chi connectivity index (χ3v) is 3.39. The van der Waals surface area contributed by atoms with Crippen molar-refractivity contribution in [3.63, 3.8) is 0 Å². The molecule has 0 fully saturated rings. The predicted octanol–water partition coefficient (Wildman–Crippen LogP) is 3.17. The van der Waals surface area contributed by atoms with Gasteiger partial charge in [-0.2, -0.15) is 0 Å². The van der Waals surface area contributed by atoms with Gasteiger partial charge >= 0.3 is 0 Å². The van der Waals surface area contributed by atoms with E-state index in [0.29, 0.717) is 5.75 Å². The van der Waals surface area contributed by atoms with E-state index in [1.165, 1.54) is 0 Å². The highest BCUT2D eigenvalue weighted by Crippen LogP contribution is 2.40. The summed E-state index contributed by atoms with van der Waals surface area (Å²) in [7, 11) is 3.21. The van der Waals surface area contributed by atoms with Crippen LogP contribution in [0.4, 0.5) is 0 Å². The van der Waals surface area contributed by atoms with Crippen molar-refractivity contribution in [1.29, 1.82) is 0 Å². The monoisotopic (exact) mass is 238 g/mol. The molecule has 0 spiro atoms. The van der Waals surface area contributed by atoms with Gasteiger partial charge in [0.15, 0.2) is 0 Å². The van der Waals surface area contributed by atoms with Crippen LogP contribution in [0.5, 0.6) is 11.5 Å². The van der Waals surface area contributed by atoms with Gasteiger partial charge in [-0.15, -0.1) is 0 Å². The lowest BCUT2D eigenvalue weighted by Gasteiger charge is -2.30. The molecule has 0 amide bonds. The van der Waals surface area contributed by atoms with Crippen molar-refractivity contribution in [1.82, 2.24) is 0 Å². The Balaban J connectivity index is 3.13. The van der Waals surface area contributed by atoms with Crippen LogP contribution in [0.15, 0.2) is 18.2 Å². The van der Waals surface area contributed by atoms with E-state index in [0.717, 1.165) is 17.7 Å². The second kappa shape index (κ2) is 5.41. The minimum atomic E-state index is -0.548. The summed E-state index contributed by atoms with van der Waals surface area (Å²) >= 11 is 0. The molecule has 0 saturated heterocycles. The third-order valence-electron chi connectivity index (χ3n) is 3.39. The van der Waals surface area contributed by atoms with Crippen molar-refractivity contribution in [3.05, 3.63) is 23.8 Å². The first-order chi connectivity index (χ1) is 7.96. The molecule has 1 rings (SSSR count). The van der Waals surface area contributed by atoms with Crippen LogP contribution in [0.25, 0.3) is 0 Å². The van der Waals surface area contributed by atoms with Crippen LogP contribution in [0, 0.1) is 5.41 Å². The molecule has 3 heteroatoms. The summed E-state index contributed by atoms with van der Waals surface area (Å²) in [5.74, 6) is 1.39. The molecule has 0 aliphatic heterocycles. The largest absolute Gasteiger partial charge is 0.497 e. The lowest BCUT2D eigenvalue weighted by Crippen LogP contribution is -2.21. The summed E-state index contributed by atoms with van der Waals surface area (Å²) in [5.41, 5.74) is 0.627. The fourth-order valence-corrected chi connectivity index (χ4v) is 1.66. The maximum Gasteiger partial charge on any atom is 0.128 e. The number of rotatable bonds is 5. The Labute approximate surface area is 103 Å². The molecular weight excluding hydrogens is 216 g/mol. The molecule has 1 unspecified atom stereocenters. The Morgan fingerprint density at radius 2 is 1.88 bits per heavy atom. The van der Waals surface area contributed by atoms with Gasteiger partial charge in [0.1, 0.15) is 11.5 Å². The average Bonchev–Trinajstić information content (AvgIpc) is 2.36. The molecule has 0 bridgehead atoms. The van der Waals surface area contributed by atoms with Crippen LogP contribution in [0.3, 0.4) is 0 Å². The molecule has 0 radical (unpaired) electrons. The number of hydrogen-bond donors (Lipinski definition) is 1. The highest BCUT2D eigenvalue weighted by atomic mass is 16.5. The fraction of sp³-hybridized carbons (Fsp3) is 0.571. The van der Waals surface area contributed by atoms with E-state index in [1.807, 2.05) is 26.0 Å². The molecule has 0 aliphatic carbocycles. The zero-order chi connectivity index (χ0) is 13.1. The molecule has 0 saturated carbocycles. The zero-order valence-electron chi connectivity index (χ0n) is 11.3. The van der Waals surface area contributed by atoms with E-state index in [-0.39, 0.29) is 5.41 Å². The second-order valence-electron chi connectivity index (χ2n) is 4.85. The number of methoxy groups -OCH3 is 2. The summed E-state index contributed by atoms with van der Waals surface area (Å²) in [6, 6.07) is 5.50. The summed E-state index contributed by atoms with van der Waals surface area (Å²) in [5, 5.41) is 10.4. The highest BCUT2D eigenvalue weighted by molar-refractivity contribution is 5.42. The van der Waals surface area contributed by atoms with Gasteiger partial charge in [0.25, 0.3) is 0 Å². The van der Waals surface area contributed by atoms with Crippen LogP contribution in [-0.2, 0) is 0 Å². The molecule has 1 atom stereocenters. The maximum absolute atomic E-state index is 10.4. The molecule has 1 N–H and O–H groups in total. The van der Waals surface area contributed by atoms with Crippen LogP contribution in [0.1, 0.15) is 38.9 Å². The lowest BCUT2D eigenvalue weighted by atomic mass is 9.80. The van der Waals surface area contributed by atoms with Crippen molar-refractivity contribution in [3.8, 4) is 11.5 Å². The Hall–Kier alpha value is -1.22. The van der Waals surface area contributed by atoms with Crippen LogP contribution in [0.2, 0.25) is 0 Å². The van der Waals surface area contributed by atoms with E-state index in [1.54, 1.807) is 20.3 Å². The van der Waals surface area contributed by atoms with Crippen LogP contribution in [-0.4, -0.2) is 19.3 Å². The predicted molar refractivity (Wildman–Crippen MR) is 68.6 cm³/mol. The van der Waals surface area contributed by atoms with Crippen LogP contribution < -0.4 is 9.47 Å². The second-order valence-corrected chi connectivity index (χ2v) is 4.85. The summed E-state index contributed by atoms with van der Waals surface area (Å²) < 4.78 is 10.5. The first-order valence-electron chi connectivity index (χ1n) is 5.86. The van der Waals surface area contributed by atoms with E-state index < -0.39 is 6.10 Å². The summed E-state index contributed by atoms with van der Waals surface area (Å²) in [6.07, 6.45) is 0.344. The molecular formula is C14H22O3. The quantitative estimate of drug-likeness (QED) is 0.856. The highest BCUT2D eigenvalue weighted by Gasteiger charge is 2.29. The first-order valence-corrected chi connectivity index (χ1v) is 5.86. The molecule has 1 aromatic carbocycles. The van der Waals surface area contributed by atoms with Crippen molar-refractivity contribution < 1.29 is 14.6 Å². The number of hydrogen-bond acceptors (Lipinski definition) is 3. The van der Waals surface area contributed by atoms with Gasteiger partial charge in [-0.05, 0) is 24.0 Å². The minimum Gasteiger partial charge on any atom is -0.497 e. The number of aliphatic hydroxyl groups excluding tert-OH is 1. The fourth-order valence-electron chi connectivity index (χ4n) is 1.66. The zero-order valence-corrected chi connectivity index (χ0v) is 11.3. The van der Waals surface area contributed by atoms with Crippen molar-refractivity contribution in [2.24, 2.45) is 5.41 Å². The molecule has 3 nitrogen and oxygen atoms in total. The van der Waals surface area contributed by atoms with Crippen molar-refractivity contribution in [2.75, 3.05) is 14.2 Å². The molecule has 1 aromatic rings. The molecule has 0 aliphatic rings. The van der Waals surface area contributed by atoms with E-state index in [9.17, 15) is 5.11 Å². The maximum atomic E-state index is 10.4. The van der Waals surface area contributed by atoms with Gasteiger partial charge in [0.05, 0.1) is 20.3 Å². The van der Waals surface area contributed by atoms with E-state index in [2.05, 4.69) is 6.92 Å². The van der Waals surface area contributed by atoms with Gasteiger partial charge in [0.2, 0.25) is 0 Å². The Bertz CT molecular complexity index is 372. The SMILES string of the molecule is CCC(C)(C)C(O)c1ccc(OC)cc1OC. The smallest absolute Gasteiger partial charge is 0.128 e. The number of aliphatic hydroxyl groups is 1.